The molecule has 1 saturated carbocycles. The number of para-hydroxylation sites is 1. The van der Waals surface area contributed by atoms with Crippen LogP contribution in [0.1, 0.15) is 32.1 Å². The Morgan fingerprint density at radius 3 is 2.48 bits per heavy atom. The highest BCUT2D eigenvalue weighted by molar-refractivity contribution is 7.92. The fourth-order valence-corrected chi connectivity index (χ4v) is 5.29. The van der Waals surface area contributed by atoms with Crippen LogP contribution in [0.15, 0.2) is 30.3 Å². The SMILES string of the molecule is CS(=O)(=O)C1(C(=O)N2CC[C@H](Nc3ccccc3)C2)CCCC1. The second kappa shape index (κ2) is 6.15. The summed E-state index contributed by atoms with van der Waals surface area (Å²) in [6.45, 7) is 1.20. The molecule has 5 nitrogen and oxygen atoms in total. The fraction of sp³-hybridized carbons (Fsp3) is 0.588. The number of hydrogen-bond donors (Lipinski definition) is 1. The van der Waals surface area contributed by atoms with Crippen molar-refractivity contribution >= 4 is 21.4 Å². The van der Waals surface area contributed by atoms with Crippen molar-refractivity contribution in [2.24, 2.45) is 0 Å². The standard InChI is InChI=1S/C17H24N2O3S/c1-23(21,22)17(10-5-6-11-17)16(20)19-12-9-15(13-19)18-14-7-3-2-4-8-14/h2-4,7-8,15,18H,5-6,9-13H2,1H3/t15-/m0/s1. The molecule has 1 N–H and O–H groups in total. The van der Waals surface area contributed by atoms with Gasteiger partial charge in [0.05, 0.1) is 0 Å². The average molecular weight is 336 g/mol. The zero-order valence-corrected chi connectivity index (χ0v) is 14.3. The van der Waals surface area contributed by atoms with Gasteiger partial charge in [-0.25, -0.2) is 8.42 Å². The molecule has 126 valence electrons. The smallest absolute Gasteiger partial charge is 0.244 e. The molecule has 1 heterocycles. The highest BCUT2D eigenvalue weighted by Gasteiger charge is 2.52. The summed E-state index contributed by atoms with van der Waals surface area (Å²) < 4.78 is 23.4. The van der Waals surface area contributed by atoms with Gasteiger partial charge in [-0.1, -0.05) is 31.0 Å². The molecule has 23 heavy (non-hydrogen) atoms. The van der Waals surface area contributed by atoms with Gasteiger partial charge < -0.3 is 10.2 Å². The Kier molecular flexibility index (Phi) is 4.36. The number of anilines is 1. The fourth-order valence-electron chi connectivity index (χ4n) is 3.81. The van der Waals surface area contributed by atoms with E-state index in [1.165, 1.54) is 6.26 Å². The molecule has 0 radical (unpaired) electrons. The van der Waals surface area contributed by atoms with Gasteiger partial charge in [0.15, 0.2) is 14.6 Å². The molecule has 3 rings (SSSR count). The second-order valence-electron chi connectivity index (χ2n) is 6.72. The van der Waals surface area contributed by atoms with E-state index >= 15 is 0 Å². The summed E-state index contributed by atoms with van der Waals surface area (Å²) in [6.07, 6.45) is 4.64. The first-order chi connectivity index (χ1) is 10.9. The number of nitrogens with zero attached hydrogens (tertiary/aromatic N) is 1. The Balaban J connectivity index is 1.70. The van der Waals surface area contributed by atoms with Crippen LogP contribution in [0, 0.1) is 0 Å². The summed E-state index contributed by atoms with van der Waals surface area (Å²) in [5.41, 5.74) is 1.03. The Hall–Kier alpha value is -1.56. The van der Waals surface area contributed by atoms with E-state index in [1.807, 2.05) is 30.3 Å². The lowest BCUT2D eigenvalue weighted by molar-refractivity contribution is -0.132. The van der Waals surface area contributed by atoms with E-state index < -0.39 is 14.6 Å². The minimum Gasteiger partial charge on any atom is -0.380 e. The number of nitrogens with one attached hydrogen (secondary N) is 1. The third kappa shape index (κ3) is 3.09. The van der Waals surface area contributed by atoms with Gasteiger partial charge in [-0.3, -0.25) is 4.79 Å². The molecule has 0 bridgehead atoms. The summed E-state index contributed by atoms with van der Waals surface area (Å²) in [6, 6.07) is 10.1. The number of rotatable bonds is 4. The van der Waals surface area contributed by atoms with E-state index in [1.54, 1.807) is 4.90 Å². The number of likely N-dealkylation sites (tertiary alicyclic amines) is 1. The third-order valence-corrected chi connectivity index (χ3v) is 7.13. The number of hydrogen-bond acceptors (Lipinski definition) is 4. The summed E-state index contributed by atoms with van der Waals surface area (Å²) in [5, 5.41) is 3.42. The van der Waals surface area contributed by atoms with Crippen LogP contribution in [-0.2, 0) is 14.6 Å². The van der Waals surface area contributed by atoms with E-state index in [0.717, 1.165) is 24.9 Å². The van der Waals surface area contributed by atoms with Crippen molar-refractivity contribution in [2.75, 3.05) is 24.7 Å². The van der Waals surface area contributed by atoms with E-state index in [-0.39, 0.29) is 11.9 Å². The predicted octanol–water partition coefficient (Wildman–Crippen LogP) is 2.06. The first kappa shape index (κ1) is 16.3. The maximum Gasteiger partial charge on any atom is 0.244 e. The van der Waals surface area contributed by atoms with Crippen LogP contribution >= 0.6 is 0 Å². The van der Waals surface area contributed by atoms with Crippen LogP contribution in [0.2, 0.25) is 0 Å². The Morgan fingerprint density at radius 2 is 1.87 bits per heavy atom. The van der Waals surface area contributed by atoms with Crippen molar-refractivity contribution in [2.45, 2.75) is 42.9 Å². The lowest BCUT2D eigenvalue weighted by Crippen LogP contribution is -2.51. The van der Waals surface area contributed by atoms with Crippen LogP contribution < -0.4 is 5.32 Å². The van der Waals surface area contributed by atoms with Crippen molar-refractivity contribution in [1.29, 1.82) is 0 Å². The Bertz CT molecular complexity index is 666. The van der Waals surface area contributed by atoms with Gasteiger partial charge in [0.25, 0.3) is 0 Å². The molecule has 1 saturated heterocycles. The van der Waals surface area contributed by atoms with Crippen LogP contribution in [0.4, 0.5) is 5.69 Å². The third-order valence-electron chi connectivity index (χ3n) is 5.13. The summed E-state index contributed by atoms with van der Waals surface area (Å²) >= 11 is 0. The Morgan fingerprint density at radius 1 is 1.22 bits per heavy atom. The van der Waals surface area contributed by atoms with Crippen molar-refractivity contribution < 1.29 is 13.2 Å². The summed E-state index contributed by atoms with van der Waals surface area (Å²) in [7, 11) is -3.39. The highest BCUT2D eigenvalue weighted by Crippen LogP contribution is 2.39. The summed E-state index contributed by atoms with van der Waals surface area (Å²) in [5.74, 6) is -0.185. The van der Waals surface area contributed by atoms with Crippen LogP contribution in [-0.4, -0.2) is 49.4 Å². The monoisotopic (exact) mass is 336 g/mol. The van der Waals surface area contributed by atoms with Gasteiger partial charge >= 0.3 is 0 Å². The van der Waals surface area contributed by atoms with E-state index in [2.05, 4.69) is 5.32 Å². The number of sulfone groups is 1. The number of amides is 1. The molecule has 1 atom stereocenters. The molecular weight excluding hydrogens is 312 g/mol. The maximum absolute atomic E-state index is 12.9. The molecule has 6 heteroatoms. The lowest BCUT2D eigenvalue weighted by atomic mass is 10.1. The van der Waals surface area contributed by atoms with Crippen molar-refractivity contribution in [1.82, 2.24) is 4.90 Å². The van der Waals surface area contributed by atoms with E-state index in [4.69, 9.17) is 0 Å². The van der Waals surface area contributed by atoms with Gasteiger partial charge in [-0.15, -0.1) is 0 Å². The normalized spacial score (nSPS) is 23.9. The number of carbonyl (C=O) groups is 1. The van der Waals surface area contributed by atoms with Crippen LogP contribution in [0.25, 0.3) is 0 Å². The number of carbonyl (C=O) groups excluding carboxylic acids is 1. The second-order valence-corrected chi connectivity index (χ2v) is 9.05. The quantitative estimate of drug-likeness (QED) is 0.914. The van der Waals surface area contributed by atoms with Crippen LogP contribution in [0.3, 0.4) is 0 Å². The minimum absolute atomic E-state index is 0.180. The zero-order valence-electron chi connectivity index (χ0n) is 13.5. The molecule has 1 amide bonds. The molecule has 2 aliphatic rings. The number of benzene rings is 1. The van der Waals surface area contributed by atoms with E-state index in [0.29, 0.717) is 25.9 Å². The minimum atomic E-state index is -3.39. The van der Waals surface area contributed by atoms with E-state index in [9.17, 15) is 13.2 Å². The lowest BCUT2D eigenvalue weighted by Gasteiger charge is -2.30. The molecule has 1 aliphatic carbocycles. The van der Waals surface area contributed by atoms with Gasteiger partial charge in [0.1, 0.15) is 0 Å². The molecule has 0 spiro atoms. The Labute approximate surface area is 138 Å². The topological polar surface area (TPSA) is 66.5 Å². The molecule has 1 aromatic carbocycles. The molecule has 1 aromatic rings. The highest BCUT2D eigenvalue weighted by atomic mass is 32.2. The van der Waals surface area contributed by atoms with Gasteiger partial charge in [-0.05, 0) is 31.4 Å². The summed E-state index contributed by atoms with van der Waals surface area (Å²) in [4.78, 5) is 14.7. The van der Waals surface area contributed by atoms with Crippen molar-refractivity contribution in [3.05, 3.63) is 30.3 Å². The van der Waals surface area contributed by atoms with Crippen LogP contribution in [0.5, 0.6) is 0 Å². The van der Waals surface area contributed by atoms with Gasteiger partial charge in [-0.2, -0.15) is 0 Å². The first-order valence-corrected chi connectivity index (χ1v) is 10.1. The molecule has 2 fully saturated rings. The molecule has 1 aliphatic heterocycles. The molecule has 0 unspecified atom stereocenters. The van der Waals surface area contributed by atoms with Gasteiger partial charge in [0, 0.05) is 31.1 Å². The first-order valence-electron chi connectivity index (χ1n) is 8.23. The molecular formula is C17H24N2O3S. The predicted molar refractivity (Wildman–Crippen MR) is 91.1 cm³/mol. The maximum atomic E-state index is 12.9. The zero-order chi connectivity index (χ0) is 16.5. The average Bonchev–Trinajstić information content (AvgIpc) is 3.16. The van der Waals surface area contributed by atoms with Gasteiger partial charge in [0.2, 0.25) is 5.91 Å². The largest absolute Gasteiger partial charge is 0.380 e. The van der Waals surface area contributed by atoms with Crippen molar-refractivity contribution in [3.8, 4) is 0 Å². The molecule has 0 aromatic heterocycles. The van der Waals surface area contributed by atoms with Crippen molar-refractivity contribution in [3.63, 3.8) is 0 Å².